The molecule has 2 aliphatic rings. The van der Waals surface area contributed by atoms with Crippen LogP contribution in [0.15, 0.2) is 0 Å². The summed E-state index contributed by atoms with van der Waals surface area (Å²) in [5, 5.41) is 6.36. The fourth-order valence-electron chi connectivity index (χ4n) is 2.64. The molecule has 0 aromatic carbocycles. The summed E-state index contributed by atoms with van der Waals surface area (Å²) in [5.41, 5.74) is 0. The average Bonchev–Trinajstić information content (AvgIpc) is 2.72. The lowest BCUT2D eigenvalue weighted by molar-refractivity contribution is -0.121. The van der Waals surface area contributed by atoms with E-state index in [0.717, 1.165) is 13.0 Å². The highest BCUT2D eigenvalue weighted by atomic mass is 16.2. The molecule has 108 valence electrons. The van der Waals surface area contributed by atoms with Crippen LogP contribution >= 0.6 is 0 Å². The number of piperidine rings is 1. The molecule has 2 N–H and O–H groups in total. The van der Waals surface area contributed by atoms with Crippen molar-refractivity contribution in [3.8, 4) is 0 Å². The average molecular weight is 268 g/mol. The van der Waals surface area contributed by atoms with Gasteiger partial charge in [-0.25, -0.2) is 4.79 Å². The van der Waals surface area contributed by atoms with Gasteiger partial charge in [-0.05, 0) is 25.8 Å². The molecule has 2 heterocycles. The summed E-state index contributed by atoms with van der Waals surface area (Å²) < 4.78 is 0. The van der Waals surface area contributed by atoms with Crippen LogP contribution in [0.25, 0.3) is 0 Å². The zero-order chi connectivity index (χ0) is 13.7. The van der Waals surface area contributed by atoms with Gasteiger partial charge in [0.15, 0.2) is 0 Å². The minimum Gasteiger partial charge on any atom is -0.355 e. The van der Waals surface area contributed by atoms with Crippen molar-refractivity contribution in [2.75, 3.05) is 39.8 Å². The van der Waals surface area contributed by atoms with E-state index >= 15 is 0 Å². The third-order valence-corrected chi connectivity index (χ3v) is 3.86. The predicted molar refractivity (Wildman–Crippen MR) is 72.9 cm³/mol. The Kier molecular flexibility index (Phi) is 5.01. The molecule has 2 aliphatic heterocycles. The van der Waals surface area contributed by atoms with E-state index in [2.05, 4.69) is 10.6 Å². The monoisotopic (exact) mass is 268 g/mol. The Hall–Kier alpha value is -1.30. The molecule has 2 saturated heterocycles. The number of nitrogens with zero attached hydrogens (tertiary/aromatic N) is 2. The maximum absolute atomic E-state index is 11.7. The standard InChI is InChI=1S/C13H24N4O2/c1-16-8-9-17(13(16)19)10-12(18)15-7-5-11-4-2-3-6-14-11/h11,14H,2-10H2,1H3,(H,15,18). The Morgan fingerprint density at radius 1 is 1.42 bits per heavy atom. The van der Waals surface area contributed by atoms with Gasteiger partial charge in [0, 0.05) is 32.7 Å². The molecule has 6 nitrogen and oxygen atoms in total. The van der Waals surface area contributed by atoms with E-state index in [-0.39, 0.29) is 18.5 Å². The highest BCUT2D eigenvalue weighted by molar-refractivity contribution is 5.84. The zero-order valence-electron chi connectivity index (χ0n) is 11.7. The predicted octanol–water partition coefficient (Wildman–Crippen LogP) is 0.00220. The van der Waals surface area contributed by atoms with Crippen LogP contribution in [0.1, 0.15) is 25.7 Å². The summed E-state index contributed by atoms with van der Waals surface area (Å²) in [7, 11) is 1.76. The molecular formula is C13H24N4O2. The number of nitrogens with one attached hydrogen (secondary N) is 2. The van der Waals surface area contributed by atoms with Gasteiger partial charge in [-0.3, -0.25) is 4.79 Å². The lowest BCUT2D eigenvalue weighted by Gasteiger charge is -2.23. The van der Waals surface area contributed by atoms with Crippen LogP contribution in [-0.2, 0) is 4.79 Å². The number of carbonyl (C=O) groups excluding carboxylic acids is 2. The maximum Gasteiger partial charge on any atom is 0.320 e. The van der Waals surface area contributed by atoms with Crippen LogP contribution in [0.2, 0.25) is 0 Å². The number of hydrogen-bond acceptors (Lipinski definition) is 3. The second-order valence-electron chi connectivity index (χ2n) is 5.41. The first-order valence-electron chi connectivity index (χ1n) is 7.17. The third-order valence-electron chi connectivity index (χ3n) is 3.86. The Labute approximate surface area is 114 Å². The smallest absolute Gasteiger partial charge is 0.320 e. The summed E-state index contributed by atoms with van der Waals surface area (Å²) in [6, 6.07) is 0.484. The van der Waals surface area contributed by atoms with E-state index in [9.17, 15) is 9.59 Å². The molecule has 2 rings (SSSR count). The number of carbonyl (C=O) groups is 2. The molecule has 0 saturated carbocycles. The highest BCUT2D eigenvalue weighted by Crippen LogP contribution is 2.09. The molecular weight excluding hydrogens is 244 g/mol. The number of urea groups is 1. The van der Waals surface area contributed by atoms with Gasteiger partial charge in [-0.1, -0.05) is 6.42 Å². The highest BCUT2D eigenvalue weighted by Gasteiger charge is 2.26. The van der Waals surface area contributed by atoms with Gasteiger partial charge >= 0.3 is 6.03 Å². The van der Waals surface area contributed by atoms with Crippen molar-refractivity contribution in [2.24, 2.45) is 0 Å². The Morgan fingerprint density at radius 2 is 2.26 bits per heavy atom. The van der Waals surface area contributed by atoms with Crippen LogP contribution in [0.5, 0.6) is 0 Å². The molecule has 0 spiro atoms. The number of likely N-dealkylation sites (N-methyl/N-ethyl adjacent to an activating group) is 1. The van der Waals surface area contributed by atoms with Crippen molar-refractivity contribution in [1.82, 2.24) is 20.4 Å². The molecule has 1 unspecified atom stereocenters. The van der Waals surface area contributed by atoms with Gasteiger partial charge in [-0.2, -0.15) is 0 Å². The molecule has 0 radical (unpaired) electrons. The maximum atomic E-state index is 11.7. The van der Waals surface area contributed by atoms with Crippen LogP contribution in [0.4, 0.5) is 4.79 Å². The van der Waals surface area contributed by atoms with Gasteiger partial charge in [-0.15, -0.1) is 0 Å². The SMILES string of the molecule is CN1CCN(CC(=O)NCCC2CCCCN2)C1=O. The second-order valence-corrected chi connectivity index (χ2v) is 5.41. The molecule has 2 fully saturated rings. The van der Waals surface area contributed by atoms with Crippen molar-refractivity contribution in [1.29, 1.82) is 0 Å². The minimum atomic E-state index is -0.0561. The van der Waals surface area contributed by atoms with Crippen molar-refractivity contribution in [3.05, 3.63) is 0 Å². The van der Waals surface area contributed by atoms with Gasteiger partial charge in [0.1, 0.15) is 6.54 Å². The van der Waals surface area contributed by atoms with E-state index < -0.39 is 0 Å². The Balaban J connectivity index is 1.60. The largest absolute Gasteiger partial charge is 0.355 e. The Morgan fingerprint density at radius 3 is 2.89 bits per heavy atom. The Bertz CT molecular complexity index is 329. The number of hydrogen-bond donors (Lipinski definition) is 2. The quantitative estimate of drug-likeness (QED) is 0.738. The van der Waals surface area contributed by atoms with Gasteiger partial charge in [0.2, 0.25) is 5.91 Å². The summed E-state index contributed by atoms with van der Waals surface area (Å²) >= 11 is 0. The fourth-order valence-corrected chi connectivity index (χ4v) is 2.64. The molecule has 19 heavy (non-hydrogen) atoms. The molecule has 0 aromatic rings. The van der Waals surface area contributed by atoms with Crippen molar-refractivity contribution < 1.29 is 9.59 Å². The summed E-state index contributed by atoms with van der Waals surface area (Å²) in [6.45, 7) is 3.31. The van der Waals surface area contributed by atoms with Crippen LogP contribution < -0.4 is 10.6 Å². The first-order chi connectivity index (χ1) is 9.16. The topological polar surface area (TPSA) is 64.7 Å². The second kappa shape index (κ2) is 6.75. The van der Waals surface area contributed by atoms with Crippen molar-refractivity contribution in [3.63, 3.8) is 0 Å². The normalized spacial score (nSPS) is 23.8. The van der Waals surface area contributed by atoms with E-state index in [1.54, 1.807) is 16.8 Å². The van der Waals surface area contributed by atoms with Crippen molar-refractivity contribution >= 4 is 11.9 Å². The van der Waals surface area contributed by atoms with Gasteiger partial charge < -0.3 is 20.4 Å². The molecule has 0 bridgehead atoms. The van der Waals surface area contributed by atoms with Crippen LogP contribution in [-0.4, -0.2) is 67.6 Å². The lowest BCUT2D eigenvalue weighted by atomic mass is 10.0. The number of rotatable bonds is 5. The minimum absolute atomic E-state index is 0.0518. The zero-order valence-corrected chi connectivity index (χ0v) is 11.7. The van der Waals surface area contributed by atoms with Gasteiger partial charge in [0.05, 0.1) is 0 Å². The van der Waals surface area contributed by atoms with Crippen molar-refractivity contribution in [2.45, 2.75) is 31.7 Å². The molecule has 6 heteroatoms. The molecule has 3 amide bonds. The molecule has 0 aliphatic carbocycles. The summed E-state index contributed by atoms with van der Waals surface area (Å²) in [5.74, 6) is -0.0561. The first kappa shape index (κ1) is 14.1. The van der Waals surface area contributed by atoms with Crippen LogP contribution in [0, 0.1) is 0 Å². The van der Waals surface area contributed by atoms with Gasteiger partial charge in [0.25, 0.3) is 0 Å². The fraction of sp³-hybridized carbons (Fsp3) is 0.846. The molecule has 0 aromatic heterocycles. The lowest BCUT2D eigenvalue weighted by Crippen LogP contribution is -2.41. The molecule has 1 atom stereocenters. The van der Waals surface area contributed by atoms with E-state index in [0.29, 0.717) is 25.7 Å². The third kappa shape index (κ3) is 4.09. The first-order valence-corrected chi connectivity index (χ1v) is 7.17. The number of amides is 3. The van der Waals surface area contributed by atoms with Crippen LogP contribution in [0.3, 0.4) is 0 Å². The summed E-state index contributed by atoms with van der Waals surface area (Å²) in [6.07, 6.45) is 4.71. The summed E-state index contributed by atoms with van der Waals surface area (Å²) in [4.78, 5) is 26.6. The van der Waals surface area contributed by atoms with E-state index in [1.807, 2.05) is 0 Å². The van der Waals surface area contributed by atoms with E-state index in [1.165, 1.54) is 19.3 Å². The van der Waals surface area contributed by atoms with E-state index in [4.69, 9.17) is 0 Å².